The predicted octanol–water partition coefficient (Wildman–Crippen LogP) is 3.04. The maximum absolute atomic E-state index is 11.9. The van der Waals surface area contributed by atoms with Crippen LogP contribution in [-0.4, -0.2) is 12.6 Å². The summed E-state index contributed by atoms with van der Waals surface area (Å²) in [5.74, 6) is -0.551. The molecule has 2 rings (SSSR count). The minimum absolute atomic E-state index is 0.180. The molecule has 0 aromatic heterocycles. The number of hydrogen-bond acceptors (Lipinski definition) is 4. The molecule has 0 bridgehead atoms. The van der Waals surface area contributed by atoms with Gasteiger partial charge in [0.1, 0.15) is 12.2 Å². The Labute approximate surface area is 118 Å². The summed E-state index contributed by atoms with van der Waals surface area (Å²) in [5, 5.41) is 9.03. The van der Waals surface area contributed by atoms with E-state index in [-0.39, 0.29) is 17.8 Å². The van der Waals surface area contributed by atoms with Crippen molar-refractivity contribution in [3.05, 3.63) is 47.2 Å². The molecule has 2 atom stereocenters. The lowest BCUT2D eigenvalue weighted by atomic mass is 9.93. The van der Waals surface area contributed by atoms with Gasteiger partial charge in [0.25, 0.3) is 0 Å². The highest BCUT2D eigenvalue weighted by Gasteiger charge is 2.30. The maximum atomic E-state index is 11.9. The average Bonchev–Trinajstić information content (AvgIpc) is 2.47. The predicted molar refractivity (Wildman–Crippen MR) is 73.4 cm³/mol. The quantitative estimate of drug-likeness (QED) is 0.793. The van der Waals surface area contributed by atoms with Crippen LogP contribution in [0, 0.1) is 24.2 Å². The monoisotopic (exact) mass is 271 g/mol. The Morgan fingerprint density at radius 1 is 1.45 bits per heavy atom. The van der Waals surface area contributed by atoms with E-state index in [1.54, 1.807) is 13.0 Å². The third kappa shape index (κ3) is 3.18. The molecule has 0 saturated heterocycles. The van der Waals surface area contributed by atoms with Crippen LogP contribution in [0.15, 0.2) is 36.1 Å². The molecule has 0 fully saturated rings. The van der Waals surface area contributed by atoms with Crippen LogP contribution >= 0.6 is 0 Å². The lowest BCUT2D eigenvalue weighted by Gasteiger charge is -2.26. The van der Waals surface area contributed by atoms with E-state index in [4.69, 9.17) is 14.7 Å². The topological polar surface area (TPSA) is 59.3 Å². The fraction of sp³-hybridized carbons (Fsp3) is 0.375. The van der Waals surface area contributed by atoms with Crippen molar-refractivity contribution in [2.24, 2.45) is 5.92 Å². The number of ether oxygens (including phenoxy) is 2. The number of allylic oxidation sites excluding steroid dienone is 1. The van der Waals surface area contributed by atoms with Gasteiger partial charge in [-0.3, -0.25) is 4.79 Å². The Morgan fingerprint density at radius 3 is 2.75 bits per heavy atom. The Bertz CT molecular complexity index is 554. The molecule has 0 amide bonds. The van der Waals surface area contributed by atoms with E-state index in [1.807, 2.05) is 37.3 Å². The number of aryl methyl sites for hydroxylation is 1. The number of carbonyl (C=O) groups is 1. The van der Waals surface area contributed by atoms with Gasteiger partial charge in [0.05, 0.1) is 12.5 Å². The molecule has 1 aliphatic heterocycles. The highest BCUT2D eigenvalue weighted by Crippen LogP contribution is 2.33. The van der Waals surface area contributed by atoms with Crippen LogP contribution < -0.4 is 0 Å². The lowest BCUT2D eigenvalue weighted by molar-refractivity contribution is -0.148. The van der Waals surface area contributed by atoms with Gasteiger partial charge in [0.2, 0.25) is 0 Å². The molecule has 0 unspecified atom stereocenters. The highest BCUT2D eigenvalue weighted by molar-refractivity contribution is 5.75. The van der Waals surface area contributed by atoms with Gasteiger partial charge in [-0.25, -0.2) is 0 Å². The number of esters is 1. The smallest absolute Gasteiger partial charge is 0.313 e. The lowest BCUT2D eigenvalue weighted by Crippen LogP contribution is -2.23. The highest BCUT2D eigenvalue weighted by atomic mass is 16.5. The zero-order chi connectivity index (χ0) is 14.5. The molecular formula is C16H17NO3. The van der Waals surface area contributed by atoms with E-state index in [1.165, 1.54) is 0 Å². The first-order chi connectivity index (χ1) is 9.63. The third-order valence-electron chi connectivity index (χ3n) is 3.24. The number of carbonyl (C=O) groups excluding carboxylic acids is 1. The van der Waals surface area contributed by atoms with Crippen LogP contribution in [0.25, 0.3) is 0 Å². The maximum Gasteiger partial charge on any atom is 0.313 e. The Kier molecular flexibility index (Phi) is 4.41. The van der Waals surface area contributed by atoms with E-state index in [9.17, 15) is 4.79 Å². The molecule has 0 N–H and O–H groups in total. The third-order valence-corrected chi connectivity index (χ3v) is 3.24. The summed E-state index contributed by atoms with van der Waals surface area (Å²) in [6.45, 7) is 4.11. The number of rotatable bonds is 3. The minimum Gasteiger partial charge on any atom is -0.476 e. The average molecular weight is 271 g/mol. The summed E-state index contributed by atoms with van der Waals surface area (Å²) in [5.41, 5.74) is 2.12. The van der Waals surface area contributed by atoms with Gasteiger partial charge in [-0.15, -0.1) is 0 Å². The van der Waals surface area contributed by atoms with Gasteiger partial charge in [0, 0.05) is 6.42 Å². The fourth-order valence-electron chi connectivity index (χ4n) is 2.18. The van der Waals surface area contributed by atoms with Crippen molar-refractivity contribution in [2.45, 2.75) is 26.4 Å². The van der Waals surface area contributed by atoms with Crippen molar-refractivity contribution in [1.82, 2.24) is 0 Å². The Hall–Kier alpha value is -2.28. The van der Waals surface area contributed by atoms with Crippen molar-refractivity contribution in [1.29, 1.82) is 5.26 Å². The second-order valence-electron chi connectivity index (χ2n) is 4.75. The SMILES string of the molecule is CCOC(=O)[C@H]1C=C(C#N)O[C@@H](c2ccc(C)cc2)C1. The van der Waals surface area contributed by atoms with E-state index in [0.29, 0.717) is 13.0 Å². The van der Waals surface area contributed by atoms with Gasteiger partial charge in [0.15, 0.2) is 5.76 Å². The summed E-state index contributed by atoms with van der Waals surface area (Å²) in [7, 11) is 0. The van der Waals surface area contributed by atoms with Crippen molar-refractivity contribution >= 4 is 5.97 Å². The molecule has 1 aromatic carbocycles. The van der Waals surface area contributed by atoms with Gasteiger partial charge >= 0.3 is 5.97 Å². The van der Waals surface area contributed by atoms with Crippen molar-refractivity contribution in [3.8, 4) is 6.07 Å². The van der Waals surface area contributed by atoms with Crippen LogP contribution in [0.4, 0.5) is 0 Å². The summed E-state index contributed by atoms with van der Waals surface area (Å²) in [6.07, 6.45) is 1.75. The van der Waals surface area contributed by atoms with Crippen LogP contribution in [0.5, 0.6) is 0 Å². The van der Waals surface area contributed by atoms with Crippen LogP contribution in [0.2, 0.25) is 0 Å². The molecule has 0 saturated carbocycles. The Balaban J connectivity index is 2.21. The van der Waals surface area contributed by atoms with Crippen LogP contribution in [0.3, 0.4) is 0 Å². The van der Waals surface area contributed by atoms with Gasteiger partial charge in [-0.2, -0.15) is 5.26 Å². The summed E-state index contributed by atoms with van der Waals surface area (Å²) in [4.78, 5) is 11.9. The second kappa shape index (κ2) is 6.25. The zero-order valence-electron chi connectivity index (χ0n) is 11.6. The zero-order valence-corrected chi connectivity index (χ0v) is 11.6. The number of nitrogens with zero attached hydrogens (tertiary/aromatic N) is 1. The first-order valence-electron chi connectivity index (χ1n) is 6.65. The van der Waals surface area contributed by atoms with Gasteiger partial charge < -0.3 is 9.47 Å². The molecule has 1 aromatic rings. The van der Waals surface area contributed by atoms with Gasteiger partial charge in [-0.1, -0.05) is 29.8 Å². The molecule has 20 heavy (non-hydrogen) atoms. The number of hydrogen-bond donors (Lipinski definition) is 0. The Morgan fingerprint density at radius 2 is 2.15 bits per heavy atom. The number of benzene rings is 1. The van der Waals surface area contributed by atoms with Gasteiger partial charge in [-0.05, 0) is 25.5 Å². The first-order valence-corrected chi connectivity index (χ1v) is 6.65. The van der Waals surface area contributed by atoms with E-state index in [2.05, 4.69) is 0 Å². The fourth-order valence-corrected chi connectivity index (χ4v) is 2.18. The van der Waals surface area contributed by atoms with E-state index in [0.717, 1.165) is 11.1 Å². The minimum atomic E-state index is -0.426. The molecule has 4 nitrogen and oxygen atoms in total. The van der Waals surface area contributed by atoms with Crippen molar-refractivity contribution < 1.29 is 14.3 Å². The molecule has 0 aliphatic carbocycles. The van der Waals surface area contributed by atoms with E-state index < -0.39 is 5.92 Å². The molecular weight excluding hydrogens is 254 g/mol. The molecule has 1 aliphatic rings. The van der Waals surface area contributed by atoms with E-state index >= 15 is 0 Å². The molecule has 0 spiro atoms. The van der Waals surface area contributed by atoms with Crippen molar-refractivity contribution in [3.63, 3.8) is 0 Å². The normalized spacial score (nSPS) is 21.4. The van der Waals surface area contributed by atoms with Crippen LogP contribution in [0.1, 0.15) is 30.6 Å². The molecule has 4 heteroatoms. The first kappa shape index (κ1) is 14.1. The molecule has 0 radical (unpaired) electrons. The molecule has 104 valence electrons. The summed E-state index contributed by atoms with van der Waals surface area (Å²) >= 11 is 0. The standard InChI is InChI=1S/C16H17NO3/c1-3-19-16(18)13-8-14(10-17)20-15(9-13)12-6-4-11(2)5-7-12/h4-8,13,15H,3,9H2,1-2H3/t13-,15+/m0/s1. The second-order valence-corrected chi connectivity index (χ2v) is 4.75. The van der Waals surface area contributed by atoms with Crippen molar-refractivity contribution in [2.75, 3.05) is 6.61 Å². The molecule has 1 heterocycles. The number of nitriles is 1. The van der Waals surface area contributed by atoms with Crippen LogP contribution in [-0.2, 0) is 14.3 Å². The summed E-state index contributed by atoms with van der Waals surface area (Å²) in [6, 6.07) is 9.87. The largest absolute Gasteiger partial charge is 0.476 e. The summed E-state index contributed by atoms with van der Waals surface area (Å²) < 4.78 is 10.6.